The molecule has 8 heteroatoms. The number of thioether (sulfide) groups is 1. The van der Waals surface area contributed by atoms with E-state index < -0.39 is 5.97 Å². The Kier molecular flexibility index (Phi) is 8.54. The maximum absolute atomic E-state index is 12.7. The summed E-state index contributed by atoms with van der Waals surface area (Å²) in [6, 6.07) is 12.5. The van der Waals surface area contributed by atoms with Crippen molar-refractivity contribution in [2.24, 2.45) is 0 Å². The van der Waals surface area contributed by atoms with Crippen LogP contribution in [0.15, 0.2) is 47.4 Å². The van der Waals surface area contributed by atoms with Crippen LogP contribution in [0, 0.1) is 6.92 Å². The smallest absolute Gasteiger partial charge is 0.303 e. The van der Waals surface area contributed by atoms with Crippen LogP contribution in [-0.2, 0) is 14.4 Å². The number of hydrogen-bond donors (Lipinski definition) is 3. The summed E-state index contributed by atoms with van der Waals surface area (Å²) in [5, 5.41) is 14.5. The van der Waals surface area contributed by atoms with E-state index >= 15 is 0 Å². The number of carbonyl (C=O) groups excluding carboxylic acids is 2. The molecule has 0 saturated carbocycles. The number of carbonyl (C=O) groups is 3. The number of aliphatic carboxylic acids is 1. The fourth-order valence-electron chi connectivity index (χ4n) is 2.52. The van der Waals surface area contributed by atoms with Gasteiger partial charge in [0.25, 0.3) is 0 Å². The van der Waals surface area contributed by atoms with Crippen molar-refractivity contribution in [3.63, 3.8) is 0 Å². The van der Waals surface area contributed by atoms with Crippen LogP contribution in [0.3, 0.4) is 0 Å². The summed E-state index contributed by atoms with van der Waals surface area (Å²) in [5.41, 5.74) is 2.17. The van der Waals surface area contributed by atoms with Gasteiger partial charge in [0.2, 0.25) is 11.8 Å². The van der Waals surface area contributed by atoms with Crippen LogP contribution < -0.4 is 10.6 Å². The Balaban J connectivity index is 2.02. The molecule has 0 heterocycles. The lowest BCUT2D eigenvalue weighted by molar-refractivity contribution is -0.138. The van der Waals surface area contributed by atoms with Crippen molar-refractivity contribution in [3.8, 4) is 0 Å². The summed E-state index contributed by atoms with van der Waals surface area (Å²) in [7, 11) is 0. The number of amides is 2. The summed E-state index contributed by atoms with van der Waals surface area (Å²) in [6.07, 6.45) is 0.304. The minimum Gasteiger partial charge on any atom is -0.481 e. The molecule has 3 N–H and O–H groups in total. The normalized spacial score (nSPS) is 11.6. The van der Waals surface area contributed by atoms with Gasteiger partial charge in [-0.05, 0) is 49.2 Å². The van der Waals surface area contributed by atoms with Gasteiger partial charge in [-0.15, -0.1) is 11.8 Å². The number of anilines is 2. The number of hydrogen-bond acceptors (Lipinski definition) is 4. The second-order valence-corrected chi connectivity index (χ2v) is 8.15. The largest absolute Gasteiger partial charge is 0.481 e. The van der Waals surface area contributed by atoms with Crippen LogP contribution in [0.5, 0.6) is 0 Å². The second kappa shape index (κ2) is 10.9. The van der Waals surface area contributed by atoms with Crippen LogP contribution in [-0.4, -0.2) is 28.1 Å². The third-order valence-corrected chi connectivity index (χ3v) is 5.68. The number of carboxylic acids is 1. The first kappa shape index (κ1) is 22.8. The predicted molar refractivity (Wildman–Crippen MR) is 117 cm³/mol. The zero-order valence-electron chi connectivity index (χ0n) is 16.2. The van der Waals surface area contributed by atoms with Gasteiger partial charge in [0, 0.05) is 27.7 Å². The summed E-state index contributed by atoms with van der Waals surface area (Å²) in [4.78, 5) is 35.9. The topological polar surface area (TPSA) is 95.5 Å². The molecule has 0 aliphatic heterocycles. The van der Waals surface area contributed by atoms with E-state index in [0.29, 0.717) is 22.8 Å². The van der Waals surface area contributed by atoms with Crippen molar-refractivity contribution < 1.29 is 19.5 Å². The number of halogens is 1. The Morgan fingerprint density at radius 1 is 1.10 bits per heavy atom. The van der Waals surface area contributed by atoms with Gasteiger partial charge >= 0.3 is 5.97 Å². The molecule has 29 heavy (non-hydrogen) atoms. The predicted octanol–water partition coefficient (Wildman–Crippen LogP) is 4.96. The molecule has 6 nitrogen and oxygen atoms in total. The lowest BCUT2D eigenvalue weighted by Gasteiger charge is -2.16. The van der Waals surface area contributed by atoms with Crippen LogP contribution in [0.4, 0.5) is 11.4 Å². The first-order valence-electron chi connectivity index (χ1n) is 9.14. The van der Waals surface area contributed by atoms with Crippen molar-refractivity contribution in [2.75, 3.05) is 10.6 Å². The van der Waals surface area contributed by atoms with Crippen molar-refractivity contribution in [2.45, 2.75) is 43.3 Å². The fourth-order valence-corrected chi connectivity index (χ4v) is 3.71. The molecule has 2 aromatic carbocycles. The monoisotopic (exact) mass is 434 g/mol. The summed E-state index contributed by atoms with van der Waals surface area (Å²) < 4.78 is 0. The third-order valence-electron chi connectivity index (χ3n) is 4.08. The summed E-state index contributed by atoms with van der Waals surface area (Å²) in [5.74, 6) is -1.51. The highest BCUT2D eigenvalue weighted by Gasteiger charge is 2.19. The molecule has 1 atom stereocenters. The van der Waals surface area contributed by atoms with Gasteiger partial charge in [-0.3, -0.25) is 14.4 Å². The minimum atomic E-state index is -1.02. The van der Waals surface area contributed by atoms with Gasteiger partial charge in [0.15, 0.2) is 0 Å². The van der Waals surface area contributed by atoms with Gasteiger partial charge in [-0.1, -0.05) is 30.7 Å². The van der Waals surface area contributed by atoms with E-state index in [2.05, 4.69) is 10.6 Å². The fraction of sp³-hybridized carbons (Fsp3) is 0.286. The third kappa shape index (κ3) is 7.44. The highest BCUT2D eigenvalue weighted by molar-refractivity contribution is 8.00. The van der Waals surface area contributed by atoms with E-state index in [1.807, 2.05) is 26.0 Å². The average Bonchev–Trinajstić information content (AvgIpc) is 2.67. The molecular weight excluding hydrogens is 412 g/mol. The molecule has 0 aliphatic carbocycles. The van der Waals surface area contributed by atoms with E-state index in [1.54, 1.807) is 30.3 Å². The molecule has 0 bridgehead atoms. The maximum atomic E-state index is 12.7. The van der Waals surface area contributed by atoms with Gasteiger partial charge in [0.1, 0.15) is 0 Å². The molecule has 0 aromatic heterocycles. The Labute approximate surface area is 179 Å². The lowest BCUT2D eigenvalue weighted by Crippen LogP contribution is -2.25. The zero-order valence-corrected chi connectivity index (χ0v) is 17.8. The average molecular weight is 435 g/mol. The molecule has 0 aliphatic rings. The van der Waals surface area contributed by atoms with Gasteiger partial charge in [-0.25, -0.2) is 0 Å². The molecule has 0 radical (unpaired) electrons. The van der Waals surface area contributed by atoms with Crippen molar-refractivity contribution in [3.05, 3.63) is 53.1 Å². The second-order valence-electron chi connectivity index (χ2n) is 6.43. The Morgan fingerprint density at radius 3 is 2.55 bits per heavy atom. The van der Waals surface area contributed by atoms with Crippen LogP contribution in [0.2, 0.25) is 5.02 Å². The molecule has 2 rings (SSSR count). The molecule has 0 fully saturated rings. The number of aryl methyl sites for hydroxylation is 1. The summed E-state index contributed by atoms with van der Waals surface area (Å²) >= 11 is 7.41. The van der Waals surface area contributed by atoms with Crippen LogP contribution in [0.1, 0.15) is 31.7 Å². The van der Waals surface area contributed by atoms with Crippen LogP contribution in [0.25, 0.3) is 0 Å². The molecular formula is C21H23ClN2O4S. The zero-order chi connectivity index (χ0) is 21.4. The molecule has 1 unspecified atom stereocenters. The molecule has 0 spiro atoms. The van der Waals surface area contributed by atoms with E-state index in [1.165, 1.54) is 11.8 Å². The highest BCUT2D eigenvalue weighted by atomic mass is 35.5. The number of benzene rings is 2. The first-order valence-corrected chi connectivity index (χ1v) is 10.4. The first-order chi connectivity index (χ1) is 13.8. The Hall–Kier alpha value is -2.51. The van der Waals surface area contributed by atoms with Gasteiger partial charge in [0.05, 0.1) is 11.7 Å². The Bertz CT molecular complexity index is 904. The number of nitrogens with one attached hydrogen (secondary N) is 2. The quantitative estimate of drug-likeness (QED) is 0.485. The van der Waals surface area contributed by atoms with Gasteiger partial charge < -0.3 is 15.7 Å². The van der Waals surface area contributed by atoms with E-state index in [4.69, 9.17) is 16.7 Å². The highest BCUT2D eigenvalue weighted by Crippen LogP contribution is 2.29. The van der Waals surface area contributed by atoms with Crippen LogP contribution >= 0.6 is 23.4 Å². The lowest BCUT2D eigenvalue weighted by atomic mass is 10.2. The van der Waals surface area contributed by atoms with E-state index in [0.717, 1.165) is 10.5 Å². The number of carboxylic acid groups (broad SMARTS) is 1. The van der Waals surface area contributed by atoms with E-state index in [-0.39, 0.29) is 29.9 Å². The Morgan fingerprint density at radius 2 is 1.86 bits per heavy atom. The molecule has 2 aromatic rings. The number of rotatable bonds is 9. The molecule has 154 valence electrons. The molecule has 2 amide bonds. The van der Waals surface area contributed by atoms with E-state index in [9.17, 15) is 14.4 Å². The maximum Gasteiger partial charge on any atom is 0.303 e. The summed E-state index contributed by atoms with van der Waals surface area (Å²) in [6.45, 7) is 3.83. The van der Waals surface area contributed by atoms with Crippen molar-refractivity contribution in [1.82, 2.24) is 0 Å². The standard InChI is InChI=1S/C21H23ClN2O4S/c1-3-18(21(28)24-17-11-14(22)8-7-13(17)2)29-16-6-4-5-15(12-16)23-19(25)9-10-20(26)27/h4-8,11-12,18H,3,9-10H2,1-2H3,(H,23,25)(H,24,28)(H,26,27). The SMILES string of the molecule is CCC(Sc1cccc(NC(=O)CCC(=O)O)c1)C(=O)Nc1cc(Cl)ccc1C. The van der Waals surface area contributed by atoms with Crippen molar-refractivity contribution in [1.29, 1.82) is 0 Å². The van der Waals surface area contributed by atoms with Crippen molar-refractivity contribution >= 4 is 52.5 Å². The van der Waals surface area contributed by atoms with Gasteiger partial charge in [-0.2, -0.15) is 0 Å². The minimum absolute atomic E-state index is 0.0916. The molecule has 0 saturated heterocycles.